The van der Waals surface area contributed by atoms with Gasteiger partial charge in [-0.05, 0) is 43.2 Å². The Labute approximate surface area is 161 Å². The molecular weight excluding hydrogens is 357 g/mol. The summed E-state index contributed by atoms with van der Waals surface area (Å²) in [5.74, 6) is 0.0877. The van der Waals surface area contributed by atoms with Crippen molar-refractivity contribution in [2.45, 2.75) is 13.3 Å². The predicted molar refractivity (Wildman–Crippen MR) is 109 cm³/mol. The Kier molecular flexibility index (Phi) is 8.07. The van der Waals surface area contributed by atoms with Crippen molar-refractivity contribution in [1.82, 2.24) is 4.90 Å². The van der Waals surface area contributed by atoms with E-state index in [4.69, 9.17) is 5.73 Å². The highest BCUT2D eigenvalue weighted by molar-refractivity contribution is 5.96. The lowest BCUT2D eigenvalue weighted by atomic mass is 10.1. The molecule has 0 unspecified atom stereocenters. The van der Waals surface area contributed by atoms with E-state index in [1.165, 1.54) is 5.69 Å². The van der Waals surface area contributed by atoms with Crippen LogP contribution in [0.3, 0.4) is 0 Å². The molecule has 0 saturated carbocycles. The van der Waals surface area contributed by atoms with Gasteiger partial charge >= 0.3 is 0 Å². The quantitative estimate of drug-likeness (QED) is 0.805. The molecule has 6 heteroatoms. The van der Waals surface area contributed by atoms with Crippen molar-refractivity contribution in [2.75, 3.05) is 36.8 Å². The molecule has 1 aliphatic rings. The standard InChI is InChI=1S/C19H23N3O.2ClH/c1-15-8-9-16(20)14-18(15)19(23)22-11-5-10-21(12-13-22)17-6-3-2-4-7-17;;/h2-4,6-9,14H,5,10-13,20H2,1H3;2*1H. The number of amides is 1. The van der Waals surface area contributed by atoms with Crippen molar-refractivity contribution in [3.63, 3.8) is 0 Å². The summed E-state index contributed by atoms with van der Waals surface area (Å²) in [5, 5.41) is 0. The van der Waals surface area contributed by atoms with Gasteiger partial charge in [-0.1, -0.05) is 24.3 Å². The lowest BCUT2D eigenvalue weighted by molar-refractivity contribution is 0.0766. The second-order valence-electron chi connectivity index (χ2n) is 6.04. The summed E-state index contributed by atoms with van der Waals surface area (Å²) < 4.78 is 0. The molecule has 0 radical (unpaired) electrons. The van der Waals surface area contributed by atoms with E-state index in [1.54, 1.807) is 6.07 Å². The fourth-order valence-electron chi connectivity index (χ4n) is 3.06. The van der Waals surface area contributed by atoms with E-state index < -0.39 is 0 Å². The van der Waals surface area contributed by atoms with E-state index in [0.717, 1.165) is 43.7 Å². The maximum atomic E-state index is 12.8. The number of halogens is 2. The van der Waals surface area contributed by atoms with Crippen molar-refractivity contribution < 1.29 is 4.79 Å². The van der Waals surface area contributed by atoms with Crippen LogP contribution in [-0.2, 0) is 0 Å². The monoisotopic (exact) mass is 381 g/mol. The van der Waals surface area contributed by atoms with Crippen LogP contribution in [0.5, 0.6) is 0 Å². The number of aryl methyl sites for hydroxylation is 1. The van der Waals surface area contributed by atoms with E-state index in [2.05, 4.69) is 29.2 Å². The third-order valence-corrected chi connectivity index (χ3v) is 4.40. The van der Waals surface area contributed by atoms with Gasteiger partial charge in [0.25, 0.3) is 5.91 Å². The minimum absolute atomic E-state index is 0. The van der Waals surface area contributed by atoms with E-state index in [-0.39, 0.29) is 30.7 Å². The van der Waals surface area contributed by atoms with Gasteiger partial charge in [0.15, 0.2) is 0 Å². The number of hydrogen-bond donors (Lipinski definition) is 1. The zero-order valence-electron chi connectivity index (χ0n) is 14.4. The van der Waals surface area contributed by atoms with Gasteiger partial charge in [-0.25, -0.2) is 0 Å². The summed E-state index contributed by atoms with van der Waals surface area (Å²) in [5.41, 5.74) is 9.41. The summed E-state index contributed by atoms with van der Waals surface area (Å²) in [6.07, 6.45) is 0.974. The van der Waals surface area contributed by atoms with Crippen molar-refractivity contribution in [3.05, 3.63) is 59.7 Å². The van der Waals surface area contributed by atoms with Crippen molar-refractivity contribution in [1.29, 1.82) is 0 Å². The summed E-state index contributed by atoms with van der Waals surface area (Å²) >= 11 is 0. The Morgan fingerprint density at radius 3 is 2.40 bits per heavy atom. The number of benzene rings is 2. The average molecular weight is 382 g/mol. The van der Waals surface area contributed by atoms with E-state index in [9.17, 15) is 4.79 Å². The van der Waals surface area contributed by atoms with Gasteiger partial charge in [0.05, 0.1) is 0 Å². The normalized spacial score (nSPS) is 14.1. The number of nitrogens with zero attached hydrogens (tertiary/aromatic N) is 2. The van der Waals surface area contributed by atoms with E-state index >= 15 is 0 Å². The smallest absolute Gasteiger partial charge is 0.254 e. The lowest BCUT2D eigenvalue weighted by Crippen LogP contribution is -2.35. The van der Waals surface area contributed by atoms with Crippen LogP contribution in [0.2, 0.25) is 0 Å². The molecular formula is C19H25Cl2N3O. The molecule has 1 heterocycles. The Morgan fingerprint density at radius 2 is 1.68 bits per heavy atom. The Hall–Kier alpha value is -1.91. The predicted octanol–water partition coefficient (Wildman–Crippen LogP) is 3.77. The van der Waals surface area contributed by atoms with Gasteiger partial charge in [-0.3, -0.25) is 4.79 Å². The number of rotatable bonds is 2. The second-order valence-corrected chi connectivity index (χ2v) is 6.04. The van der Waals surface area contributed by atoms with Crippen LogP contribution < -0.4 is 10.6 Å². The first-order valence-corrected chi connectivity index (χ1v) is 8.10. The summed E-state index contributed by atoms with van der Waals surface area (Å²) in [7, 11) is 0. The van der Waals surface area contributed by atoms with E-state index in [0.29, 0.717) is 5.69 Å². The molecule has 136 valence electrons. The molecule has 3 rings (SSSR count). The van der Waals surface area contributed by atoms with Gasteiger partial charge in [-0.2, -0.15) is 0 Å². The molecule has 2 N–H and O–H groups in total. The van der Waals surface area contributed by atoms with Crippen LogP contribution in [0.1, 0.15) is 22.3 Å². The largest absolute Gasteiger partial charge is 0.399 e. The van der Waals surface area contributed by atoms with Crippen molar-refractivity contribution in [2.24, 2.45) is 0 Å². The summed E-state index contributed by atoms with van der Waals surface area (Å²) in [6, 6.07) is 15.9. The zero-order valence-corrected chi connectivity index (χ0v) is 16.0. The maximum absolute atomic E-state index is 12.8. The van der Waals surface area contributed by atoms with E-state index in [1.807, 2.05) is 30.0 Å². The van der Waals surface area contributed by atoms with Crippen LogP contribution in [0.25, 0.3) is 0 Å². The highest BCUT2D eigenvalue weighted by Gasteiger charge is 2.21. The molecule has 25 heavy (non-hydrogen) atoms. The SMILES string of the molecule is Cc1ccc(N)cc1C(=O)N1CCCN(c2ccccc2)CC1.Cl.Cl. The van der Waals surface area contributed by atoms with Crippen molar-refractivity contribution >= 4 is 42.1 Å². The van der Waals surface area contributed by atoms with Crippen molar-refractivity contribution in [3.8, 4) is 0 Å². The Bertz CT molecular complexity index is 694. The molecule has 2 aromatic carbocycles. The molecule has 0 bridgehead atoms. The zero-order chi connectivity index (χ0) is 16.2. The number of nitrogen functional groups attached to an aromatic ring is 1. The number of carbonyl (C=O) groups excluding carboxylic acids is 1. The van der Waals surface area contributed by atoms with Gasteiger partial charge in [-0.15, -0.1) is 24.8 Å². The average Bonchev–Trinajstić information content (AvgIpc) is 2.83. The molecule has 1 amide bonds. The highest BCUT2D eigenvalue weighted by Crippen LogP contribution is 2.19. The number of hydrogen-bond acceptors (Lipinski definition) is 3. The molecule has 1 fully saturated rings. The molecule has 0 spiro atoms. The molecule has 0 aromatic heterocycles. The molecule has 0 aliphatic carbocycles. The maximum Gasteiger partial charge on any atom is 0.254 e. The number of anilines is 2. The molecule has 2 aromatic rings. The summed E-state index contributed by atoms with van der Waals surface area (Å²) in [6.45, 7) is 5.32. The minimum atomic E-state index is 0. The Balaban J connectivity index is 0.00000156. The minimum Gasteiger partial charge on any atom is -0.399 e. The van der Waals surface area contributed by atoms with Crippen LogP contribution >= 0.6 is 24.8 Å². The van der Waals surface area contributed by atoms with Gasteiger partial charge in [0.2, 0.25) is 0 Å². The number of carbonyl (C=O) groups is 1. The molecule has 4 nitrogen and oxygen atoms in total. The van der Waals surface area contributed by atoms with Gasteiger partial charge < -0.3 is 15.5 Å². The third-order valence-electron chi connectivity index (χ3n) is 4.40. The van der Waals surface area contributed by atoms with Gasteiger partial charge in [0, 0.05) is 43.1 Å². The highest BCUT2D eigenvalue weighted by atomic mass is 35.5. The van der Waals surface area contributed by atoms with Crippen LogP contribution in [0.4, 0.5) is 11.4 Å². The number of para-hydroxylation sites is 1. The second kappa shape index (κ2) is 9.54. The topological polar surface area (TPSA) is 49.6 Å². The van der Waals surface area contributed by atoms with Crippen LogP contribution in [0.15, 0.2) is 48.5 Å². The van der Waals surface area contributed by atoms with Gasteiger partial charge in [0.1, 0.15) is 0 Å². The first-order chi connectivity index (χ1) is 11.1. The Morgan fingerprint density at radius 1 is 0.960 bits per heavy atom. The first kappa shape index (κ1) is 21.1. The molecule has 1 aliphatic heterocycles. The van der Waals surface area contributed by atoms with Crippen LogP contribution in [0, 0.1) is 6.92 Å². The fourth-order valence-corrected chi connectivity index (χ4v) is 3.06. The molecule has 0 atom stereocenters. The fraction of sp³-hybridized carbons (Fsp3) is 0.316. The lowest BCUT2D eigenvalue weighted by Gasteiger charge is -2.24. The third kappa shape index (κ3) is 5.03. The first-order valence-electron chi connectivity index (χ1n) is 8.10. The number of nitrogens with two attached hydrogens (primary N) is 1. The summed E-state index contributed by atoms with van der Waals surface area (Å²) in [4.78, 5) is 17.1. The molecule has 1 saturated heterocycles. The van der Waals surface area contributed by atoms with Crippen LogP contribution in [-0.4, -0.2) is 37.0 Å².